The summed E-state index contributed by atoms with van der Waals surface area (Å²) < 4.78 is 13.9. The molecule has 7 atom stereocenters. The maximum atomic E-state index is 13.9. The fourth-order valence-corrected chi connectivity index (χ4v) is 9.37. The third-order valence-electron chi connectivity index (χ3n) is 12.5. The molecule has 10 nitrogen and oxygen atoms in total. The minimum absolute atomic E-state index is 0.0107. The van der Waals surface area contributed by atoms with Crippen molar-refractivity contribution in [2.45, 2.75) is 115 Å². The summed E-state index contributed by atoms with van der Waals surface area (Å²) in [5.74, 6) is 0.399. The van der Waals surface area contributed by atoms with Crippen LogP contribution in [0.3, 0.4) is 0 Å². The molecule has 8 rings (SSSR count). The van der Waals surface area contributed by atoms with E-state index >= 15 is 0 Å². The second kappa shape index (κ2) is 17.7. The van der Waals surface area contributed by atoms with Crippen LogP contribution >= 0.6 is 0 Å². The van der Waals surface area contributed by atoms with E-state index in [0.717, 1.165) is 58.2 Å². The average Bonchev–Trinajstić information content (AvgIpc) is 3.25. The second-order valence-corrected chi connectivity index (χ2v) is 17.7. The first-order valence-corrected chi connectivity index (χ1v) is 21.3. The lowest BCUT2D eigenvalue weighted by atomic mass is 9.75. The first-order valence-electron chi connectivity index (χ1n) is 21.3. The summed E-state index contributed by atoms with van der Waals surface area (Å²) in [6, 6.07) is 32.0. The molecule has 0 bridgehead atoms. The molecule has 1 aliphatic carbocycles. The fraction of sp³-hybridized carbons (Fsp3) is 0.429. The highest BCUT2D eigenvalue weighted by molar-refractivity contribution is 5.93. The van der Waals surface area contributed by atoms with Crippen molar-refractivity contribution in [2.24, 2.45) is 11.8 Å². The van der Waals surface area contributed by atoms with Crippen LogP contribution < -0.4 is 10.6 Å². The predicted octanol–water partition coefficient (Wildman–Crippen LogP) is 8.45. The average molecular weight is 796 g/mol. The number of aromatic nitrogens is 2. The van der Waals surface area contributed by atoms with Gasteiger partial charge in [0, 0.05) is 36.2 Å². The smallest absolute Gasteiger partial charge is 0.271 e. The van der Waals surface area contributed by atoms with Gasteiger partial charge in [0.25, 0.3) is 5.91 Å². The van der Waals surface area contributed by atoms with Crippen LogP contribution in [0, 0.1) is 11.8 Å². The monoisotopic (exact) mass is 795 g/mol. The Morgan fingerprint density at radius 1 is 0.831 bits per heavy atom. The predicted molar refractivity (Wildman–Crippen MR) is 229 cm³/mol. The maximum absolute atomic E-state index is 13.9. The van der Waals surface area contributed by atoms with Crippen molar-refractivity contribution in [3.63, 3.8) is 0 Å². The molecule has 3 aliphatic rings. The highest BCUT2D eigenvalue weighted by atomic mass is 16.7. The van der Waals surface area contributed by atoms with Crippen LogP contribution in [0.25, 0.3) is 22.2 Å². The Hall–Kier alpha value is -5.00. The molecule has 3 heterocycles. The fourth-order valence-electron chi connectivity index (χ4n) is 9.37. The highest BCUT2D eigenvalue weighted by Crippen LogP contribution is 2.44. The van der Waals surface area contributed by atoms with Gasteiger partial charge in [0.2, 0.25) is 5.91 Å². The van der Waals surface area contributed by atoms with Crippen LogP contribution in [0.5, 0.6) is 0 Å². The third-order valence-corrected chi connectivity index (χ3v) is 12.5. The van der Waals surface area contributed by atoms with Gasteiger partial charge in [0.15, 0.2) is 6.29 Å². The zero-order valence-corrected chi connectivity index (χ0v) is 34.6. The standard InChI is InChI=1S/C49H57N5O5/c1-31-44(29-54-42-16-10-6-11-34(42)25-26-43(54)47(57)53-49(2,3)4)58-48(59-45(31)35-19-17-32(30-55)18-20-35)36-23-21-33(22-24-36)38-13-7-5-12-37(38)27-51-46(56)41-28-50-39-14-8-9-15-40(39)52-41/h5,7-9,12-15,17-24,28,31,34,42-45,48,55H,6,10-11,16,25-27,29-30H2,1-4H3,(H,51,56)(H,53,57)/t31-,34+,42+,43+,44+,45+,48+/m0/s1. The minimum atomic E-state index is -0.640. The minimum Gasteiger partial charge on any atom is -0.392 e. The molecule has 1 aromatic heterocycles. The number of nitrogens with zero attached hydrogens (tertiary/aromatic N) is 3. The van der Waals surface area contributed by atoms with Crippen LogP contribution in [0.15, 0.2) is 103 Å². The number of rotatable bonds is 10. The summed E-state index contributed by atoms with van der Waals surface area (Å²) in [5, 5.41) is 16.1. The molecule has 2 aliphatic heterocycles. The van der Waals surface area contributed by atoms with Crippen LogP contribution in [0.1, 0.15) is 111 Å². The largest absolute Gasteiger partial charge is 0.392 e. The van der Waals surface area contributed by atoms with E-state index in [9.17, 15) is 14.7 Å². The van der Waals surface area contributed by atoms with Gasteiger partial charge >= 0.3 is 0 Å². The molecule has 308 valence electrons. The van der Waals surface area contributed by atoms with Crippen molar-refractivity contribution in [3.05, 3.63) is 131 Å². The number of fused-ring (bicyclic) bond motifs is 2. The van der Waals surface area contributed by atoms with Crippen LogP contribution in [0.4, 0.5) is 0 Å². The molecule has 3 N–H and O–H groups in total. The van der Waals surface area contributed by atoms with Gasteiger partial charge in [-0.3, -0.25) is 19.5 Å². The number of carbonyl (C=O) groups is 2. The molecular formula is C49H57N5O5. The number of benzene rings is 4. The van der Waals surface area contributed by atoms with Gasteiger partial charge in [-0.1, -0.05) is 105 Å². The molecule has 1 saturated carbocycles. The molecule has 59 heavy (non-hydrogen) atoms. The second-order valence-electron chi connectivity index (χ2n) is 17.7. The van der Waals surface area contributed by atoms with Crippen molar-refractivity contribution < 1.29 is 24.2 Å². The molecule has 2 saturated heterocycles. The lowest BCUT2D eigenvalue weighted by Gasteiger charge is -2.51. The van der Waals surface area contributed by atoms with E-state index in [4.69, 9.17) is 9.47 Å². The van der Waals surface area contributed by atoms with Gasteiger partial charge in [-0.2, -0.15) is 0 Å². The number of aliphatic hydroxyl groups is 1. The van der Waals surface area contributed by atoms with E-state index in [-0.39, 0.29) is 53.8 Å². The van der Waals surface area contributed by atoms with Crippen LogP contribution in [0.2, 0.25) is 0 Å². The lowest BCUT2D eigenvalue weighted by Crippen LogP contribution is -2.61. The number of likely N-dealkylation sites (tertiary alicyclic amines) is 1. The molecule has 4 aromatic carbocycles. The van der Waals surface area contributed by atoms with Gasteiger partial charge in [-0.15, -0.1) is 0 Å². The normalized spacial score (nSPS) is 24.9. The van der Waals surface area contributed by atoms with Gasteiger partial charge in [-0.25, -0.2) is 4.98 Å². The Bertz CT molecular complexity index is 2240. The Morgan fingerprint density at radius 2 is 1.54 bits per heavy atom. The Balaban J connectivity index is 1.04. The number of ether oxygens (including phenoxy) is 2. The van der Waals surface area contributed by atoms with Crippen LogP contribution in [-0.2, 0) is 27.4 Å². The first-order chi connectivity index (χ1) is 28.5. The summed E-state index contributed by atoms with van der Waals surface area (Å²) in [5.41, 5.74) is 7.15. The van der Waals surface area contributed by atoms with Crippen molar-refractivity contribution in [1.82, 2.24) is 25.5 Å². The maximum Gasteiger partial charge on any atom is 0.271 e. The first kappa shape index (κ1) is 40.8. The zero-order chi connectivity index (χ0) is 41.1. The van der Waals surface area contributed by atoms with E-state index in [1.54, 1.807) is 0 Å². The Kier molecular flexibility index (Phi) is 12.2. The Labute approximate surface area is 347 Å². The van der Waals surface area contributed by atoms with Crippen molar-refractivity contribution in [2.75, 3.05) is 6.54 Å². The SMILES string of the molecule is C[C@H]1[C@@H](CN2[C@@H](C(=O)NC(C)(C)C)CC[C@H]3CCCC[C@H]32)O[C@@H](c2ccc(-c3ccccc3CNC(=O)c3cnc4ccccc4n3)cc2)O[C@H]1c1ccc(CO)cc1. The summed E-state index contributed by atoms with van der Waals surface area (Å²) in [4.78, 5) is 38.5. The summed E-state index contributed by atoms with van der Waals surface area (Å²) in [7, 11) is 0. The molecule has 0 radical (unpaired) electrons. The number of aliphatic hydroxyl groups excluding tert-OH is 1. The summed E-state index contributed by atoms with van der Waals surface area (Å²) in [6.07, 6.45) is 7.06. The number of carbonyl (C=O) groups excluding carboxylic acids is 2. The number of amides is 2. The molecule has 0 unspecified atom stereocenters. The number of para-hydroxylation sites is 2. The van der Waals surface area contributed by atoms with Gasteiger partial charge < -0.3 is 25.2 Å². The quantitative estimate of drug-likeness (QED) is 0.129. The summed E-state index contributed by atoms with van der Waals surface area (Å²) >= 11 is 0. The van der Waals surface area contributed by atoms with E-state index < -0.39 is 6.29 Å². The number of piperidine rings is 1. The topological polar surface area (TPSA) is 126 Å². The van der Waals surface area contributed by atoms with Crippen molar-refractivity contribution in [1.29, 1.82) is 0 Å². The molecule has 0 spiro atoms. The number of nitrogens with one attached hydrogen (secondary N) is 2. The molecule has 5 aromatic rings. The van der Waals surface area contributed by atoms with E-state index in [2.05, 4.69) is 74.9 Å². The zero-order valence-electron chi connectivity index (χ0n) is 34.6. The highest BCUT2D eigenvalue weighted by Gasteiger charge is 2.46. The molecular weight excluding hydrogens is 739 g/mol. The number of hydrogen-bond acceptors (Lipinski definition) is 8. The third kappa shape index (κ3) is 9.26. The van der Waals surface area contributed by atoms with Gasteiger partial charge in [-0.05, 0) is 92.3 Å². The van der Waals surface area contributed by atoms with E-state index in [1.807, 2.05) is 75.4 Å². The van der Waals surface area contributed by atoms with Gasteiger partial charge in [0.1, 0.15) is 5.69 Å². The summed E-state index contributed by atoms with van der Waals surface area (Å²) in [6.45, 7) is 9.28. The van der Waals surface area contributed by atoms with E-state index in [0.29, 0.717) is 30.6 Å². The number of hydrogen-bond donors (Lipinski definition) is 3. The lowest BCUT2D eigenvalue weighted by molar-refractivity contribution is -0.278. The molecule has 10 heteroatoms. The Morgan fingerprint density at radius 3 is 2.31 bits per heavy atom. The van der Waals surface area contributed by atoms with Crippen molar-refractivity contribution in [3.8, 4) is 11.1 Å². The molecule has 3 fully saturated rings. The molecule has 2 amide bonds. The van der Waals surface area contributed by atoms with Gasteiger partial charge in [0.05, 0.1) is 42.1 Å². The van der Waals surface area contributed by atoms with E-state index in [1.165, 1.54) is 25.5 Å². The van der Waals surface area contributed by atoms with Crippen molar-refractivity contribution >= 4 is 22.8 Å². The van der Waals surface area contributed by atoms with Crippen LogP contribution in [-0.4, -0.2) is 62.1 Å².